The van der Waals surface area contributed by atoms with Crippen molar-refractivity contribution in [1.82, 2.24) is 14.8 Å². The minimum absolute atomic E-state index is 0.0164. The van der Waals surface area contributed by atoms with Crippen molar-refractivity contribution in [3.8, 4) is 16.4 Å². The molecule has 0 atom stereocenters. The van der Waals surface area contributed by atoms with Crippen LogP contribution in [0.15, 0.2) is 58.8 Å². The smallest absolute Gasteiger partial charge is 0.355 e. The molecule has 2 aromatic heterocycles. The lowest BCUT2D eigenvalue weighted by molar-refractivity contribution is 0.0691. The Morgan fingerprint density at radius 2 is 1.90 bits per heavy atom. The predicted octanol–water partition coefficient (Wildman–Crippen LogP) is 4.95. The lowest BCUT2D eigenvalue weighted by atomic mass is 9.98. The largest absolute Gasteiger partial charge is 0.476 e. The van der Waals surface area contributed by atoms with Gasteiger partial charge in [0.05, 0.1) is 11.4 Å². The molecule has 0 unspecified atom stereocenters. The van der Waals surface area contributed by atoms with Crippen molar-refractivity contribution >= 4 is 29.3 Å². The summed E-state index contributed by atoms with van der Waals surface area (Å²) in [5.74, 6) is -1.40. The van der Waals surface area contributed by atoms with Gasteiger partial charge in [-0.25, -0.2) is 18.9 Å². The van der Waals surface area contributed by atoms with E-state index in [4.69, 9.17) is 10.2 Å². The number of nitrogens with zero attached hydrogens (tertiary/aromatic N) is 3. The molecule has 6 nitrogen and oxygen atoms in total. The fraction of sp³-hybridized carbons (Fsp3) is 0.136. The first kappa shape index (κ1) is 21.2. The summed E-state index contributed by atoms with van der Waals surface area (Å²) in [6.45, 7) is 2.02. The molecule has 0 radical (unpaired) electrons. The van der Waals surface area contributed by atoms with E-state index in [-0.39, 0.29) is 11.5 Å². The minimum atomic E-state index is -1.08. The number of benzene rings is 2. The number of thiazole rings is 1. The van der Waals surface area contributed by atoms with Gasteiger partial charge in [0.1, 0.15) is 5.82 Å². The fourth-order valence-electron chi connectivity index (χ4n) is 3.38. The summed E-state index contributed by atoms with van der Waals surface area (Å²) in [7, 11) is 0. The average Bonchev–Trinajstić information content (AvgIpc) is 3.40. The quantitative estimate of drug-likeness (QED) is 0.384. The Morgan fingerprint density at radius 3 is 2.48 bits per heavy atom. The van der Waals surface area contributed by atoms with Crippen molar-refractivity contribution in [2.45, 2.75) is 24.7 Å². The Kier molecular flexibility index (Phi) is 6.17. The van der Waals surface area contributed by atoms with Gasteiger partial charge in [-0.05, 0) is 60.3 Å². The minimum Gasteiger partial charge on any atom is -0.476 e. The van der Waals surface area contributed by atoms with Gasteiger partial charge in [-0.3, -0.25) is 5.14 Å². The zero-order valence-electron chi connectivity index (χ0n) is 16.6. The van der Waals surface area contributed by atoms with E-state index in [0.29, 0.717) is 18.0 Å². The van der Waals surface area contributed by atoms with Gasteiger partial charge in [0.2, 0.25) is 5.13 Å². The summed E-state index contributed by atoms with van der Waals surface area (Å²) < 4.78 is 15.2. The molecule has 0 saturated heterocycles. The molecular formula is C22H19FN4O2S2. The van der Waals surface area contributed by atoms with Gasteiger partial charge in [0.15, 0.2) is 5.69 Å². The van der Waals surface area contributed by atoms with Crippen LogP contribution < -0.4 is 5.14 Å². The first-order valence-corrected chi connectivity index (χ1v) is 11.3. The summed E-state index contributed by atoms with van der Waals surface area (Å²) in [5, 5.41) is 21.6. The Morgan fingerprint density at radius 1 is 1.19 bits per heavy atom. The number of carboxylic acids is 1. The molecule has 0 aliphatic heterocycles. The highest BCUT2D eigenvalue weighted by Crippen LogP contribution is 2.31. The van der Waals surface area contributed by atoms with Crippen molar-refractivity contribution < 1.29 is 14.3 Å². The van der Waals surface area contributed by atoms with E-state index in [1.165, 1.54) is 40.8 Å². The molecule has 4 rings (SSSR count). The van der Waals surface area contributed by atoms with Crippen LogP contribution in [-0.2, 0) is 12.8 Å². The lowest BCUT2D eigenvalue weighted by Crippen LogP contribution is -2.04. The number of carbonyl (C=O) groups is 1. The standard InChI is InChI=1S/C22H19FN4O2S2/c1-2-19-17(11-13-3-9-16(31-24)10-4-13)20(14-5-7-15(23)8-6-14)26-27(19)22-25-18(12-30-22)21(28)29/h3-10,12H,2,11,24H2,1H3,(H,28,29). The summed E-state index contributed by atoms with van der Waals surface area (Å²) >= 11 is 2.42. The number of hydrogen-bond acceptors (Lipinski definition) is 6. The predicted molar refractivity (Wildman–Crippen MR) is 120 cm³/mol. The number of carboxylic acid groups (broad SMARTS) is 1. The van der Waals surface area contributed by atoms with Gasteiger partial charge in [-0.2, -0.15) is 5.10 Å². The van der Waals surface area contributed by atoms with E-state index < -0.39 is 5.97 Å². The second kappa shape index (κ2) is 9.01. The second-order valence-electron chi connectivity index (χ2n) is 6.81. The molecule has 0 bridgehead atoms. The van der Waals surface area contributed by atoms with Crippen LogP contribution in [0.25, 0.3) is 16.4 Å². The number of aromatic carboxylic acids is 1. The number of rotatable bonds is 7. The maximum absolute atomic E-state index is 13.5. The zero-order chi connectivity index (χ0) is 22.0. The van der Waals surface area contributed by atoms with Crippen molar-refractivity contribution in [3.05, 3.63) is 82.2 Å². The van der Waals surface area contributed by atoms with E-state index in [1.54, 1.807) is 16.8 Å². The van der Waals surface area contributed by atoms with E-state index in [9.17, 15) is 14.3 Å². The van der Waals surface area contributed by atoms with Crippen LogP contribution in [0.1, 0.15) is 34.2 Å². The van der Waals surface area contributed by atoms with Crippen LogP contribution in [0, 0.1) is 5.82 Å². The van der Waals surface area contributed by atoms with Crippen molar-refractivity contribution in [3.63, 3.8) is 0 Å². The van der Waals surface area contributed by atoms with Crippen molar-refractivity contribution in [1.29, 1.82) is 0 Å². The highest BCUT2D eigenvalue weighted by Gasteiger charge is 2.22. The first-order chi connectivity index (χ1) is 15.0. The topological polar surface area (TPSA) is 94.0 Å². The van der Waals surface area contributed by atoms with Crippen LogP contribution >= 0.6 is 23.3 Å². The van der Waals surface area contributed by atoms with E-state index in [0.717, 1.165) is 33.0 Å². The molecule has 31 heavy (non-hydrogen) atoms. The molecule has 0 spiro atoms. The van der Waals surface area contributed by atoms with E-state index >= 15 is 0 Å². The molecule has 2 heterocycles. The van der Waals surface area contributed by atoms with Crippen molar-refractivity contribution in [2.24, 2.45) is 5.14 Å². The Labute approximate surface area is 186 Å². The third-order valence-corrected chi connectivity index (χ3v) is 6.24. The molecule has 158 valence electrons. The van der Waals surface area contributed by atoms with Gasteiger partial charge >= 0.3 is 5.97 Å². The average molecular weight is 455 g/mol. The number of hydrogen-bond donors (Lipinski definition) is 2. The van der Waals surface area contributed by atoms with Gasteiger partial charge in [-0.15, -0.1) is 11.3 Å². The van der Waals surface area contributed by atoms with Crippen molar-refractivity contribution in [2.75, 3.05) is 0 Å². The number of nitrogens with two attached hydrogens (primary N) is 1. The lowest BCUT2D eigenvalue weighted by Gasteiger charge is -2.08. The second-order valence-corrected chi connectivity index (χ2v) is 8.35. The van der Waals surface area contributed by atoms with Gasteiger partial charge < -0.3 is 5.11 Å². The van der Waals surface area contributed by atoms with Crippen LogP contribution in [0.4, 0.5) is 4.39 Å². The Balaban J connectivity index is 1.85. The highest BCUT2D eigenvalue weighted by atomic mass is 32.2. The maximum atomic E-state index is 13.5. The van der Waals surface area contributed by atoms with E-state index in [2.05, 4.69) is 4.98 Å². The number of aromatic nitrogens is 3. The third-order valence-electron chi connectivity index (χ3n) is 4.88. The van der Waals surface area contributed by atoms with Crippen LogP contribution in [0.3, 0.4) is 0 Å². The zero-order valence-corrected chi connectivity index (χ0v) is 18.2. The van der Waals surface area contributed by atoms with Gasteiger partial charge in [-0.1, -0.05) is 19.1 Å². The Bertz CT molecular complexity index is 1220. The molecule has 9 heteroatoms. The molecule has 4 aromatic rings. The van der Waals surface area contributed by atoms with Gasteiger partial charge in [0, 0.05) is 27.8 Å². The van der Waals surface area contributed by atoms with Crippen LogP contribution in [0.2, 0.25) is 0 Å². The summed E-state index contributed by atoms with van der Waals surface area (Å²) in [6, 6.07) is 14.2. The summed E-state index contributed by atoms with van der Waals surface area (Å²) in [5.41, 5.74) is 4.51. The van der Waals surface area contributed by atoms with E-state index in [1.807, 2.05) is 31.2 Å². The molecule has 0 aliphatic rings. The monoisotopic (exact) mass is 454 g/mol. The SMILES string of the molecule is CCc1c(Cc2ccc(SN)cc2)c(-c2ccc(F)cc2)nn1-c1nc(C(=O)O)cs1. The molecule has 2 aromatic carbocycles. The molecule has 0 saturated carbocycles. The summed E-state index contributed by atoms with van der Waals surface area (Å²) in [4.78, 5) is 16.5. The molecule has 0 amide bonds. The highest BCUT2D eigenvalue weighted by molar-refractivity contribution is 7.97. The van der Waals surface area contributed by atoms with Crippen LogP contribution in [-0.4, -0.2) is 25.8 Å². The first-order valence-electron chi connectivity index (χ1n) is 9.51. The van der Waals surface area contributed by atoms with Gasteiger partial charge in [0.25, 0.3) is 0 Å². The number of halogens is 1. The third kappa shape index (κ3) is 4.39. The van der Waals surface area contributed by atoms with Crippen LogP contribution in [0.5, 0.6) is 0 Å². The maximum Gasteiger partial charge on any atom is 0.355 e. The Hall–Kier alpha value is -3.01. The normalized spacial score (nSPS) is 11.1. The molecular weight excluding hydrogens is 435 g/mol. The molecule has 0 fully saturated rings. The molecule has 3 N–H and O–H groups in total. The molecule has 0 aliphatic carbocycles. The fourth-order valence-corrected chi connectivity index (χ4v) is 4.45. The summed E-state index contributed by atoms with van der Waals surface area (Å²) in [6.07, 6.45) is 1.28.